The predicted molar refractivity (Wildman–Crippen MR) is 56.2 cm³/mol. The number of aliphatic hydroxyl groups excluding tert-OH is 1. The second kappa shape index (κ2) is 4.63. The van der Waals surface area contributed by atoms with Crippen molar-refractivity contribution in [3.8, 4) is 0 Å². The first-order chi connectivity index (χ1) is 5.75. The summed E-state index contributed by atoms with van der Waals surface area (Å²) in [5.41, 5.74) is 2.31. The fourth-order valence-electron chi connectivity index (χ4n) is 1.72. The minimum Gasteiger partial charge on any atom is -0.396 e. The average molecular weight is 182 g/mol. The maximum absolute atomic E-state index is 8.72. The van der Waals surface area contributed by atoms with Crippen LogP contribution >= 0.6 is 0 Å². The van der Waals surface area contributed by atoms with E-state index in [2.05, 4.69) is 31.3 Å². The predicted octanol–water partition coefficient (Wildman–Crippen LogP) is 2.11. The van der Waals surface area contributed by atoms with Gasteiger partial charge in [0, 0.05) is 15.4 Å². The second-order valence-electron chi connectivity index (χ2n) is 3.72. The lowest BCUT2D eigenvalue weighted by Gasteiger charge is -2.15. The summed E-state index contributed by atoms with van der Waals surface area (Å²) in [6, 6.07) is 0. The standard InChI is InChI=1S/C10H18OSi/c1-12(2)10-7-3-5-9(10)6-4-8-11/h3,5,7,10-12H,4,6,8H2,1-2H3. The van der Waals surface area contributed by atoms with Crippen LogP contribution in [-0.4, -0.2) is 20.5 Å². The molecule has 2 heteroatoms. The lowest BCUT2D eigenvalue weighted by atomic mass is 10.1. The molecule has 0 bridgehead atoms. The van der Waals surface area contributed by atoms with E-state index in [0.29, 0.717) is 6.61 Å². The van der Waals surface area contributed by atoms with Crippen molar-refractivity contribution < 1.29 is 5.11 Å². The van der Waals surface area contributed by atoms with Crippen molar-refractivity contribution in [1.29, 1.82) is 0 Å². The quantitative estimate of drug-likeness (QED) is 0.660. The van der Waals surface area contributed by atoms with Gasteiger partial charge in [-0.2, -0.15) is 0 Å². The van der Waals surface area contributed by atoms with E-state index in [1.54, 1.807) is 5.57 Å². The molecule has 1 atom stereocenters. The molecule has 1 aliphatic carbocycles. The molecule has 0 aromatic heterocycles. The summed E-state index contributed by atoms with van der Waals surface area (Å²) in [4.78, 5) is 0. The van der Waals surface area contributed by atoms with Crippen LogP contribution in [0.1, 0.15) is 12.8 Å². The van der Waals surface area contributed by atoms with Crippen LogP contribution in [0, 0.1) is 0 Å². The first-order valence-corrected chi connectivity index (χ1v) is 7.71. The van der Waals surface area contributed by atoms with Crippen molar-refractivity contribution in [2.75, 3.05) is 6.61 Å². The van der Waals surface area contributed by atoms with Gasteiger partial charge >= 0.3 is 0 Å². The second-order valence-corrected chi connectivity index (χ2v) is 6.93. The lowest BCUT2D eigenvalue weighted by molar-refractivity contribution is 0.288. The number of rotatable bonds is 4. The van der Waals surface area contributed by atoms with Crippen LogP contribution in [0.5, 0.6) is 0 Å². The van der Waals surface area contributed by atoms with E-state index in [1.807, 2.05) is 0 Å². The summed E-state index contributed by atoms with van der Waals surface area (Å²) in [5.74, 6) is 0. The van der Waals surface area contributed by atoms with Crippen LogP contribution < -0.4 is 0 Å². The summed E-state index contributed by atoms with van der Waals surface area (Å²) in [6.07, 6.45) is 8.73. The molecule has 0 saturated heterocycles. The minimum absolute atomic E-state index is 0.323. The molecular weight excluding hydrogens is 164 g/mol. The van der Waals surface area contributed by atoms with Crippen molar-refractivity contribution >= 4 is 8.80 Å². The third kappa shape index (κ3) is 2.32. The zero-order valence-electron chi connectivity index (χ0n) is 7.96. The molecule has 0 aromatic carbocycles. The van der Waals surface area contributed by atoms with Gasteiger partial charge in [0.25, 0.3) is 0 Å². The highest BCUT2D eigenvalue weighted by molar-refractivity contribution is 6.59. The van der Waals surface area contributed by atoms with Gasteiger partial charge < -0.3 is 5.11 Å². The van der Waals surface area contributed by atoms with Crippen LogP contribution in [-0.2, 0) is 0 Å². The highest BCUT2D eigenvalue weighted by atomic mass is 28.3. The van der Waals surface area contributed by atoms with Crippen LogP contribution in [0.15, 0.2) is 23.8 Å². The Morgan fingerprint density at radius 3 is 2.83 bits per heavy atom. The van der Waals surface area contributed by atoms with Crippen molar-refractivity contribution in [2.45, 2.75) is 31.5 Å². The molecule has 0 heterocycles. The van der Waals surface area contributed by atoms with E-state index in [4.69, 9.17) is 5.11 Å². The van der Waals surface area contributed by atoms with Gasteiger partial charge in [-0.25, -0.2) is 0 Å². The molecule has 0 aliphatic heterocycles. The molecule has 1 N–H and O–H groups in total. The fourth-order valence-corrected chi connectivity index (χ4v) is 3.42. The normalized spacial score (nSPS) is 22.0. The Bertz CT molecular complexity index is 194. The molecule has 68 valence electrons. The van der Waals surface area contributed by atoms with Crippen molar-refractivity contribution in [3.63, 3.8) is 0 Å². The van der Waals surface area contributed by atoms with Gasteiger partial charge in [-0.05, 0) is 18.4 Å². The minimum atomic E-state index is -0.560. The van der Waals surface area contributed by atoms with E-state index in [0.717, 1.165) is 18.4 Å². The molecule has 0 fully saturated rings. The zero-order valence-corrected chi connectivity index (χ0v) is 9.11. The third-order valence-corrected chi connectivity index (χ3v) is 4.49. The lowest BCUT2D eigenvalue weighted by Crippen LogP contribution is -2.10. The number of allylic oxidation sites excluding steroid dienone is 4. The molecule has 0 amide bonds. The van der Waals surface area contributed by atoms with Crippen LogP contribution in [0.4, 0.5) is 0 Å². The SMILES string of the molecule is C[SiH](C)C1C=CC=C1CCCO. The summed E-state index contributed by atoms with van der Waals surface area (Å²) < 4.78 is 0. The molecule has 1 rings (SSSR count). The van der Waals surface area contributed by atoms with Gasteiger partial charge in [-0.15, -0.1) is 0 Å². The molecule has 0 radical (unpaired) electrons. The first-order valence-electron chi connectivity index (χ1n) is 4.74. The maximum Gasteiger partial charge on any atom is 0.0434 e. The summed E-state index contributed by atoms with van der Waals surface area (Å²) in [5, 5.41) is 8.72. The monoisotopic (exact) mass is 182 g/mol. The third-order valence-electron chi connectivity index (χ3n) is 2.40. The Hall–Kier alpha value is -0.343. The molecule has 1 aliphatic rings. The van der Waals surface area contributed by atoms with Crippen molar-refractivity contribution in [1.82, 2.24) is 0 Å². The van der Waals surface area contributed by atoms with E-state index < -0.39 is 8.80 Å². The Labute approximate surface area is 76.4 Å². The van der Waals surface area contributed by atoms with Gasteiger partial charge in [-0.1, -0.05) is 36.9 Å². The van der Waals surface area contributed by atoms with E-state index >= 15 is 0 Å². The summed E-state index contributed by atoms with van der Waals surface area (Å²) in [7, 11) is -0.560. The fraction of sp³-hybridized carbons (Fsp3) is 0.600. The topological polar surface area (TPSA) is 20.2 Å². The van der Waals surface area contributed by atoms with Crippen LogP contribution in [0.25, 0.3) is 0 Å². The van der Waals surface area contributed by atoms with Gasteiger partial charge in [0.1, 0.15) is 0 Å². The molecule has 0 saturated carbocycles. The molecule has 1 unspecified atom stereocenters. The number of hydrogen-bond acceptors (Lipinski definition) is 1. The Balaban J connectivity index is 2.44. The maximum atomic E-state index is 8.72. The highest BCUT2D eigenvalue weighted by Gasteiger charge is 2.18. The largest absolute Gasteiger partial charge is 0.396 e. The highest BCUT2D eigenvalue weighted by Crippen LogP contribution is 2.31. The first kappa shape index (κ1) is 9.74. The molecule has 12 heavy (non-hydrogen) atoms. The van der Waals surface area contributed by atoms with Gasteiger partial charge in [0.05, 0.1) is 0 Å². The van der Waals surface area contributed by atoms with E-state index in [9.17, 15) is 0 Å². The zero-order chi connectivity index (χ0) is 8.97. The number of hydrogen-bond donors (Lipinski definition) is 1. The molecular formula is C10H18OSi. The molecule has 1 nitrogen and oxygen atoms in total. The molecule has 0 aromatic rings. The summed E-state index contributed by atoms with van der Waals surface area (Å²) in [6.45, 7) is 5.09. The Morgan fingerprint density at radius 2 is 2.25 bits per heavy atom. The van der Waals surface area contributed by atoms with Crippen molar-refractivity contribution in [3.05, 3.63) is 23.8 Å². The van der Waals surface area contributed by atoms with Crippen LogP contribution in [0.2, 0.25) is 18.6 Å². The van der Waals surface area contributed by atoms with Crippen LogP contribution in [0.3, 0.4) is 0 Å². The van der Waals surface area contributed by atoms with E-state index in [1.165, 1.54) is 0 Å². The van der Waals surface area contributed by atoms with Gasteiger partial charge in [-0.3, -0.25) is 0 Å². The molecule has 0 spiro atoms. The van der Waals surface area contributed by atoms with Gasteiger partial charge in [0.2, 0.25) is 0 Å². The smallest absolute Gasteiger partial charge is 0.0434 e. The Morgan fingerprint density at radius 1 is 1.50 bits per heavy atom. The van der Waals surface area contributed by atoms with Crippen molar-refractivity contribution in [2.24, 2.45) is 0 Å². The summed E-state index contributed by atoms with van der Waals surface area (Å²) >= 11 is 0. The number of aliphatic hydroxyl groups is 1. The van der Waals surface area contributed by atoms with E-state index in [-0.39, 0.29) is 0 Å². The Kier molecular flexibility index (Phi) is 3.76. The average Bonchev–Trinajstić information content (AvgIpc) is 2.48. The van der Waals surface area contributed by atoms with Gasteiger partial charge in [0.15, 0.2) is 0 Å².